The minimum atomic E-state index is -0.762. The van der Waals surface area contributed by atoms with Crippen LogP contribution in [0, 0.1) is 5.82 Å². The molecule has 6 nitrogen and oxygen atoms in total. The average molecular weight is 457 g/mol. The van der Waals surface area contributed by atoms with Gasteiger partial charge in [0.15, 0.2) is 17.9 Å². The molecule has 0 saturated heterocycles. The van der Waals surface area contributed by atoms with E-state index in [0.717, 1.165) is 0 Å². The summed E-state index contributed by atoms with van der Waals surface area (Å²) >= 11 is 17.9. The Hall–Kier alpha value is -2.74. The predicted molar refractivity (Wildman–Crippen MR) is 110 cm³/mol. The summed E-state index contributed by atoms with van der Waals surface area (Å²) in [5.74, 6) is -1.40. The van der Waals surface area contributed by atoms with Crippen molar-refractivity contribution in [2.45, 2.75) is 6.54 Å². The van der Waals surface area contributed by atoms with E-state index in [1.165, 1.54) is 36.4 Å². The van der Waals surface area contributed by atoms with E-state index in [9.17, 15) is 14.0 Å². The third-order valence-electron chi connectivity index (χ3n) is 3.83. The van der Waals surface area contributed by atoms with Gasteiger partial charge in [-0.25, -0.2) is 4.39 Å². The molecular formula is C19H13Cl3FN3O3. The molecule has 2 aromatic carbocycles. The molecule has 0 fully saturated rings. The zero-order chi connectivity index (χ0) is 21.1. The molecule has 0 bridgehead atoms. The zero-order valence-corrected chi connectivity index (χ0v) is 16.8. The molecule has 0 radical (unpaired) electrons. The van der Waals surface area contributed by atoms with Crippen LogP contribution in [0.4, 0.5) is 10.1 Å². The summed E-state index contributed by atoms with van der Waals surface area (Å²) in [5.41, 5.74) is 6.30. The van der Waals surface area contributed by atoms with E-state index in [-0.39, 0.29) is 45.0 Å². The Morgan fingerprint density at radius 2 is 1.93 bits per heavy atom. The van der Waals surface area contributed by atoms with Gasteiger partial charge in [-0.15, -0.1) is 0 Å². The monoisotopic (exact) mass is 455 g/mol. The maximum Gasteiger partial charge on any atom is 0.269 e. The number of benzene rings is 2. The fourth-order valence-electron chi connectivity index (χ4n) is 2.51. The van der Waals surface area contributed by atoms with E-state index in [4.69, 9.17) is 45.3 Å². The van der Waals surface area contributed by atoms with Gasteiger partial charge in [0.1, 0.15) is 11.4 Å². The Kier molecular flexibility index (Phi) is 6.32. The van der Waals surface area contributed by atoms with Gasteiger partial charge < -0.3 is 20.8 Å². The molecule has 0 spiro atoms. The van der Waals surface area contributed by atoms with Crippen LogP contribution in [0.2, 0.25) is 15.1 Å². The van der Waals surface area contributed by atoms with Crippen LogP contribution in [0.15, 0.2) is 36.4 Å². The van der Waals surface area contributed by atoms with Crippen LogP contribution in [0.1, 0.15) is 26.5 Å². The van der Waals surface area contributed by atoms with Gasteiger partial charge in [-0.05, 0) is 24.3 Å². The molecule has 0 atom stereocenters. The minimum absolute atomic E-state index is 0.00554. The number of H-pyrrole nitrogens is 1. The lowest BCUT2D eigenvalue weighted by atomic mass is 10.2. The Labute approximate surface area is 179 Å². The van der Waals surface area contributed by atoms with Crippen LogP contribution in [-0.2, 0) is 6.54 Å². The number of aromatic amines is 1. The van der Waals surface area contributed by atoms with Gasteiger partial charge in [-0.1, -0.05) is 40.9 Å². The summed E-state index contributed by atoms with van der Waals surface area (Å²) in [5, 5.41) is 2.93. The molecule has 4 N–H and O–H groups in total. The summed E-state index contributed by atoms with van der Waals surface area (Å²) in [7, 11) is 0. The smallest absolute Gasteiger partial charge is 0.269 e. The molecule has 0 aliphatic heterocycles. The Morgan fingerprint density at radius 3 is 2.59 bits per heavy atom. The summed E-state index contributed by atoms with van der Waals surface area (Å²) in [4.78, 5) is 25.6. The minimum Gasteiger partial charge on any atom is -0.453 e. The number of nitrogen functional groups attached to an aromatic ring is 1. The molecule has 3 aromatic rings. The molecule has 150 valence electrons. The number of hydrogen-bond acceptors (Lipinski definition) is 4. The van der Waals surface area contributed by atoms with E-state index < -0.39 is 11.7 Å². The van der Waals surface area contributed by atoms with Crippen molar-refractivity contribution in [2.24, 2.45) is 0 Å². The predicted octanol–water partition coefficient (Wildman–Crippen LogP) is 5.23. The van der Waals surface area contributed by atoms with Crippen molar-refractivity contribution >= 4 is 52.7 Å². The summed E-state index contributed by atoms with van der Waals surface area (Å²) in [6.07, 6.45) is 0.522. The van der Waals surface area contributed by atoms with Gasteiger partial charge in [-0.3, -0.25) is 9.59 Å². The molecule has 1 aromatic heterocycles. The topological polar surface area (TPSA) is 97.2 Å². The number of hydrogen-bond donors (Lipinski definition) is 3. The highest BCUT2D eigenvalue weighted by atomic mass is 35.5. The third-order valence-corrected chi connectivity index (χ3v) is 4.64. The second-order valence-corrected chi connectivity index (χ2v) is 7.17. The van der Waals surface area contributed by atoms with Crippen LogP contribution < -0.4 is 15.8 Å². The van der Waals surface area contributed by atoms with Crippen molar-refractivity contribution in [3.63, 3.8) is 0 Å². The molecule has 0 aliphatic rings. The second kappa shape index (κ2) is 8.73. The fraction of sp³-hybridized carbons (Fsp3) is 0.0526. The van der Waals surface area contributed by atoms with Crippen LogP contribution >= 0.6 is 34.8 Å². The van der Waals surface area contributed by atoms with Crippen molar-refractivity contribution in [2.75, 3.05) is 5.73 Å². The number of rotatable bonds is 6. The van der Waals surface area contributed by atoms with Crippen molar-refractivity contribution in [3.8, 4) is 11.5 Å². The zero-order valence-electron chi connectivity index (χ0n) is 14.6. The number of aromatic nitrogens is 1. The van der Waals surface area contributed by atoms with E-state index in [1.54, 1.807) is 0 Å². The van der Waals surface area contributed by atoms with Crippen LogP contribution in [0.5, 0.6) is 11.5 Å². The number of nitrogens with two attached hydrogens (primary N) is 1. The van der Waals surface area contributed by atoms with Crippen molar-refractivity contribution < 1.29 is 18.7 Å². The molecule has 0 aliphatic carbocycles. The van der Waals surface area contributed by atoms with Gasteiger partial charge in [0.2, 0.25) is 0 Å². The van der Waals surface area contributed by atoms with E-state index in [0.29, 0.717) is 17.0 Å². The summed E-state index contributed by atoms with van der Waals surface area (Å²) in [6.45, 7) is -0.179. The highest BCUT2D eigenvalue weighted by Crippen LogP contribution is 2.35. The number of carbonyl (C=O) groups is 2. The van der Waals surface area contributed by atoms with E-state index >= 15 is 0 Å². The molecule has 10 heteroatoms. The second-order valence-electron chi connectivity index (χ2n) is 5.92. The summed E-state index contributed by atoms with van der Waals surface area (Å²) in [6, 6.07) is 8.59. The fourth-order valence-corrected chi connectivity index (χ4v) is 3.17. The number of carbonyl (C=O) groups excluding carboxylic acids is 2. The van der Waals surface area contributed by atoms with Crippen molar-refractivity contribution in [1.82, 2.24) is 10.3 Å². The lowest BCUT2D eigenvalue weighted by molar-refractivity contribution is 0.0946. The first kappa shape index (κ1) is 21.0. The molecule has 29 heavy (non-hydrogen) atoms. The first-order valence-corrected chi connectivity index (χ1v) is 9.24. The van der Waals surface area contributed by atoms with Gasteiger partial charge in [0, 0.05) is 28.9 Å². The highest BCUT2D eigenvalue weighted by Gasteiger charge is 2.18. The maximum atomic E-state index is 14.9. The van der Waals surface area contributed by atoms with Gasteiger partial charge >= 0.3 is 0 Å². The van der Waals surface area contributed by atoms with Crippen LogP contribution in [0.3, 0.4) is 0 Å². The molecule has 3 rings (SSSR count). The molecule has 1 amide bonds. The standard InChI is InChI=1S/C19H13Cl3FN3O3/c20-10-3-11(24)5-13(4-10)29-18-14(21)2-1-9(16(18)23)7-25-19(28)17-15(22)6-12(8-27)26-17/h1-6,8,26H,7,24H2,(H,25,28). The largest absolute Gasteiger partial charge is 0.453 e. The van der Waals surface area contributed by atoms with Crippen LogP contribution in [-0.4, -0.2) is 17.2 Å². The number of aldehydes is 1. The number of amides is 1. The highest BCUT2D eigenvalue weighted by molar-refractivity contribution is 6.34. The Bertz CT molecular complexity index is 1080. The van der Waals surface area contributed by atoms with Crippen LogP contribution in [0.25, 0.3) is 0 Å². The average Bonchev–Trinajstić information content (AvgIpc) is 3.04. The van der Waals surface area contributed by atoms with Gasteiger partial charge in [0.05, 0.1) is 15.7 Å². The van der Waals surface area contributed by atoms with E-state index in [1.807, 2.05) is 0 Å². The molecule has 0 saturated carbocycles. The van der Waals surface area contributed by atoms with Gasteiger partial charge in [-0.2, -0.15) is 0 Å². The van der Waals surface area contributed by atoms with Crippen molar-refractivity contribution in [3.05, 3.63) is 74.2 Å². The Balaban J connectivity index is 1.80. The first-order chi connectivity index (χ1) is 13.8. The maximum absolute atomic E-state index is 14.9. The molecule has 0 unspecified atom stereocenters. The molecule has 1 heterocycles. The number of anilines is 1. The van der Waals surface area contributed by atoms with E-state index in [2.05, 4.69) is 10.3 Å². The number of nitrogens with one attached hydrogen (secondary N) is 2. The summed E-state index contributed by atoms with van der Waals surface area (Å²) < 4.78 is 20.4. The first-order valence-electron chi connectivity index (χ1n) is 8.11. The number of halogens is 4. The lowest BCUT2D eigenvalue weighted by Crippen LogP contribution is -2.24. The quantitative estimate of drug-likeness (QED) is 0.349. The molecular weight excluding hydrogens is 444 g/mol. The van der Waals surface area contributed by atoms with Crippen molar-refractivity contribution in [1.29, 1.82) is 0 Å². The number of ether oxygens (including phenoxy) is 1. The SMILES string of the molecule is Nc1cc(Cl)cc(Oc2c(Cl)ccc(CNC(=O)c3[nH]c(C=O)cc3Cl)c2F)c1. The lowest BCUT2D eigenvalue weighted by Gasteiger charge is -2.13. The third kappa shape index (κ3) is 4.82. The Morgan fingerprint density at radius 1 is 1.17 bits per heavy atom. The normalized spacial score (nSPS) is 10.6. The van der Waals surface area contributed by atoms with Gasteiger partial charge in [0.25, 0.3) is 5.91 Å².